The fourth-order valence-corrected chi connectivity index (χ4v) is 2.80. The predicted octanol–water partition coefficient (Wildman–Crippen LogP) is 5.34. The van der Waals surface area contributed by atoms with Gasteiger partial charge in [0.15, 0.2) is 0 Å². The first kappa shape index (κ1) is 31.5. The summed E-state index contributed by atoms with van der Waals surface area (Å²) in [5.41, 5.74) is 6.78. The van der Waals surface area contributed by atoms with Crippen molar-refractivity contribution in [3.05, 3.63) is 72.6 Å². The van der Waals surface area contributed by atoms with Gasteiger partial charge in [0.2, 0.25) is 12.3 Å². The van der Waals surface area contributed by atoms with Crippen LogP contribution in [0.1, 0.15) is 52.4 Å². The fourth-order valence-electron chi connectivity index (χ4n) is 2.80. The molecule has 0 bridgehead atoms. The van der Waals surface area contributed by atoms with Gasteiger partial charge in [0.1, 0.15) is 5.82 Å². The normalized spacial score (nSPS) is 15.0. The van der Waals surface area contributed by atoms with Crippen LogP contribution in [0.25, 0.3) is 0 Å². The van der Waals surface area contributed by atoms with E-state index in [1.54, 1.807) is 25.3 Å². The number of halogens is 1. The van der Waals surface area contributed by atoms with E-state index in [2.05, 4.69) is 38.1 Å². The highest BCUT2D eigenvalue weighted by Crippen LogP contribution is 2.14. The minimum atomic E-state index is -0.178. The van der Waals surface area contributed by atoms with E-state index in [4.69, 9.17) is 9.53 Å². The number of hydrogen-bond donors (Lipinski definition) is 2. The van der Waals surface area contributed by atoms with Crippen LogP contribution in [0.15, 0.2) is 66.8 Å². The summed E-state index contributed by atoms with van der Waals surface area (Å²) in [6.45, 7) is 13.4. The Balaban J connectivity index is 0. The highest BCUT2D eigenvalue weighted by atomic mass is 19.1. The summed E-state index contributed by atoms with van der Waals surface area (Å²) in [6, 6.07) is 7.94. The number of primary amides is 1. The first-order valence-corrected chi connectivity index (χ1v) is 11.0. The second kappa shape index (κ2) is 22.9. The molecule has 0 radical (unpaired) electrons. The van der Waals surface area contributed by atoms with Gasteiger partial charge in [-0.05, 0) is 55.4 Å². The third-order valence-electron chi connectivity index (χ3n) is 4.59. The molecule has 1 aliphatic rings. The Morgan fingerprint density at radius 3 is 2.28 bits per heavy atom. The SMILES string of the molecule is C=C/C(C)=C(\C=C)CCCCC.COCC1CCNC(=O)C1.Fc1ccccc1.NC=O. The summed E-state index contributed by atoms with van der Waals surface area (Å²) in [5, 5.41) is 2.78. The van der Waals surface area contributed by atoms with Crippen molar-refractivity contribution in [1.29, 1.82) is 0 Å². The molecule has 1 unspecified atom stereocenters. The number of piperidine rings is 1. The lowest BCUT2D eigenvalue weighted by atomic mass is 9.99. The number of carbonyl (C=O) groups is 2. The first-order chi connectivity index (χ1) is 15.4. The summed E-state index contributed by atoms with van der Waals surface area (Å²) in [6.07, 6.45) is 10.8. The molecular formula is C26H41FN2O3. The number of ether oxygens (including phenoxy) is 1. The van der Waals surface area contributed by atoms with Gasteiger partial charge in [-0.2, -0.15) is 0 Å². The van der Waals surface area contributed by atoms with Crippen LogP contribution >= 0.6 is 0 Å². The molecule has 1 heterocycles. The smallest absolute Gasteiger partial charge is 0.220 e. The van der Waals surface area contributed by atoms with E-state index in [0.717, 1.165) is 19.4 Å². The van der Waals surface area contributed by atoms with Crippen molar-refractivity contribution in [2.45, 2.75) is 52.4 Å². The second-order valence-corrected chi connectivity index (χ2v) is 7.17. The van der Waals surface area contributed by atoms with Crippen LogP contribution in [-0.2, 0) is 14.3 Å². The zero-order valence-electron chi connectivity index (χ0n) is 19.9. The van der Waals surface area contributed by atoms with Gasteiger partial charge >= 0.3 is 0 Å². The molecule has 0 spiro atoms. The number of hydrogen-bond acceptors (Lipinski definition) is 3. The molecule has 0 aromatic heterocycles. The van der Waals surface area contributed by atoms with Gasteiger partial charge in [-0.1, -0.05) is 63.3 Å². The van der Waals surface area contributed by atoms with Gasteiger partial charge in [0.05, 0.1) is 0 Å². The van der Waals surface area contributed by atoms with Crippen molar-refractivity contribution >= 4 is 12.3 Å². The maximum atomic E-state index is 11.9. The molecule has 2 amide bonds. The van der Waals surface area contributed by atoms with Crippen LogP contribution < -0.4 is 11.1 Å². The molecule has 0 saturated carbocycles. The Morgan fingerprint density at radius 2 is 1.88 bits per heavy atom. The number of rotatable bonds is 8. The molecular weight excluding hydrogens is 407 g/mol. The largest absolute Gasteiger partial charge is 0.384 e. The average Bonchev–Trinajstić information content (AvgIpc) is 2.79. The Morgan fingerprint density at radius 1 is 1.25 bits per heavy atom. The van der Waals surface area contributed by atoms with Crippen LogP contribution in [0.4, 0.5) is 4.39 Å². The highest BCUT2D eigenvalue weighted by molar-refractivity contribution is 5.76. The van der Waals surface area contributed by atoms with Gasteiger partial charge in [-0.25, -0.2) is 4.39 Å². The molecule has 2 rings (SSSR count). The molecule has 32 heavy (non-hydrogen) atoms. The number of benzene rings is 1. The summed E-state index contributed by atoms with van der Waals surface area (Å²) in [7, 11) is 1.67. The first-order valence-electron chi connectivity index (χ1n) is 11.0. The molecule has 5 nitrogen and oxygen atoms in total. The van der Waals surface area contributed by atoms with E-state index >= 15 is 0 Å². The van der Waals surface area contributed by atoms with Crippen LogP contribution in [0.2, 0.25) is 0 Å². The fraction of sp³-hybridized carbons (Fsp3) is 0.462. The number of nitrogens with one attached hydrogen (secondary N) is 1. The van der Waals surface area contributed by atoms with Crippen LogP contribution in [0.5, 0.6) is 0 Å². The lowest BCUT2D eigenvalue weighted by Crippen LogP contribution is -2.34. The molecule has 180 valence electrons. The Bertz CT molecular complexity index is 658. The topological polar surface area (TPSA) is 81.4 Å². The number of nitrogens with two attached hydrogens (primary N) is 1. The number of amides is 2. The Hall–Kier alpha value is -2.73. The van der Waals surface area contributed by atoms with Gasteiger partial charge in [-0.15, -0.1) is 0 Å². The lowest BCUT2D eigenvalue weighted by Gasteiger charge is -2.20. The van der Waals surface area contributed by atoms with E-state index in [9.17, 15) is 9.18 Å². The monoisotopic (exact) mass is 448 g/mol. The molecule has 3 N–H and O–H groups in total. The maximum absolute atomic E-state index is 11.9. The van der Waals surface area contributed by atoms with Crippen molar-refractivity contribution in [1.82, 2.24) is 5.32 Å². The highest BCUT2D eigenvalue weighted by Gasteiger charge is 2.17. The lowest BCUT2D eigenvalue weighted by molar-refractivity contribution is -0.124. The van der Waals surface area contributed by atoms with Crippen LogP contribution in [0, 0.1) is 11.7 Å². The zero-order valence-corrected chi connectivity index (χ0v) is 19.9. The van der Waals surface area contributed by atoms with Crippen molar-refractivity contribution in [3.8, 4) is 0 Å². The predicted molar refractivity (Wildman–Crippen MR) is 131 cm³/mol. The minimum absolute atomic E-state index is 0.160. The number of carbonyl (C=O) groups excluding carboxylic acids is 2. The van der Waals surface area contributed by atoms with Crippen LogP contribution in [-0.4, -0.2) is 32.6 Å². The summed E-state index contributed by atoms with van der Waals surface area (Å²) < 4.78 is 16.9. The number of methoxy groups -OCH3 is 1. The standard InChI is InChI=1S/C12H20.C7H13NO2.C6H5F.CH3NO/c1-5-8-9-10-12(7-3)11(4)6-2;1-10-5-6-2-3-8-7(9)4-6;7-6-4-2-1-3-5-6;2-1-3/h6-7H,2-3,5,8-10H2,1,4H3;6H,2-5H2,1H3,(H,8,9);1-5H;1H,(H2,2,3)/b12-11+;;;. The molecule has 1 aliphatic heterocycles. The number of allylic oxidation sites excluding steroid dienone is 4. The molecule has 1 fully saturated rings. The van der Waals surface area contributed by atoms with Crippen molar-refractivity contribution < 1.29 is 18.7 Å². The van der Waals surface area contributed by atoms with E-state index in [0.29, 0.717) is 18.9 Å². The quantitative estimate of drug-likeness (QED) is 0.320. The third-order valence-corrected chi connectivity index (χ3v) is 4.59. The average molecular weight is 449 g/mol. The van der Waals surface area contributed by atoms with E-state index in [1.807, 2.05) is 12.2 Å². The zero-order chi connectivity index (χ0) is 24.6. The maximum Gasteiger partial charge on any atom is 0.220 e. The van der Waals surface area contributed by atoms with Gasteiger partial charge in [-0.3, -0.25) is 9.59 Å². The van der Waals surface area contributed by atoms with E-state index in [-0.39, 0.29) is 18.1 Å². The van der Waals surface area contributed by atoms with Gasteiger partial charge in [0, 0.05) is 26.7 Å². The molecule has 0 aliphatic carbocycles. The van der Waals surface area contributed by atoms with Crippen molar-refractivity contribution in [3.63, 3.8) is 0 Å². The van der Waals surface area contributed by atoms with Crippen molar-refractivity contribution in [2.75, 3.05) is 20.3 Å². The van der Waals surface area contributed by atoms with Gasteiger partial charge in [0.25, 0.3) is 0 Å². The summed E-state index contributed by atoms with van der Waals surface area (Å²) in [5.74, 6) is 0.426. The molecule has 1 atom stereocenters. The minimum Gasteiger partial charge on any atom is -0.384 e. The van der Waals surface area contributed by atoms with Crippen LogP contribution in [0.3, 0.4) is 0 Å². The molecule has 1 saturated heterocycles. The summed E-state index contributed by atoms with van der Waals surface area (Å²) >= 11 is 0. The molecule has 1 aromatic carbocycles. The third kappa shape index (κ3) is 19.2. The Labute approximate surface area is 193 Å². The Kier molecular flexibility index (Phi) is 22.6. The number of unbranched alkanes of at least 4 members (excludes halogenated alkanes) is 2. The van der Waals surface area contributed by atoms with Crippen molar-refractivity contribution in [2.24, 2.45) is 11.7 Å². The molecule has 1 aromatic rings. The summed E-state index contributed by atoms with van der Waals surface area (Å²) in [4.78, 5) is 19.4. The second-order valence-electron chi connectivity index (χ2n) is 7.17. The van der Waals surface area contributed by atoms with E-state index in [1.165, 1.54) is 42.5 Å². The van der Waals surface area contributed by atoms with Gasteiger partial charge < -0.3 is 15.8 Å². The molecule has 6 heteroatoms. The van der Waals surface area contributed by atoms with E-state index < -0.39 is 0 Å².